The largest absolute Gasteiger partial charge is 0.495 e. The summed E-state index contributed by atoms with van der Waals surface area (Å²) in [4.78, 5) is 11.0. The van der Waals surface area contributed by atoms with E-state index in [0.29, 0.717) is 0 Å². The lowest BCUT2D eigenvalue weighted by Crippen LogP contribution is -2.08. The van der Waals surface area contributed by atoms with Gasteiger partial charge in [0, 0.05) is 16.7 Å². The first-order valence-electron chi connectivity index (χ1n) is 4.21. The van der Waals surface area contributed by atoms with E-state index in [1.807, 2.05) is 0 Å². The normalized spacial score (nSPS) is 11.1. The van der Waals surface area contributed by atoms with Crippen molar-refractivity contribution in [1.82, 2.24) is 0 Å². The molecule has 5 nitrogen and oxygen atoms in total. The molecule has 0 aliphatic heterocycles. The molecule has 0 aliphatic carbocycles. The van der Waals surface area contributed by atoms with Gasteiger partial charge in [-0.1, -0.05) is 11.6 Å². The Hall–Kier alpha value is -0.980. The van der Waals surface area contributed by atoms with Crippen LogP contribution in [-0.2, 0) is 13.8 Å². The number of esters is 1. The van der Waals surface area contributed by atoms with E-state index in [4.69, 9.17) is 27.0 Å². The Kier molecular flexibility index (Phi) is 4.24. The number of benzene rings is 1. The lowest BCUT2D eigenvalue weighted by Gasteiger charge is -2.09. The topological polar surface area (TPSA) is 69.7 Å². The summed E-state index contributed by atoms with van der Waals surface area (Å²) in [6.45, 7) is 0. The third-order valence-electron chi connectivity index (χ3n) is 1.92. The molecule has 0 heterocycles. The summed E-state index contributed by atoms with van der Waals surface area (Å²) in [7, 11) is 3.53. The number of ether oxygens (including phenoxy) is 2. The van der Waals surface area contributed by atoms with Gasteiger partial charge in [-0.2, -0.15) is 0 Å². The van der Waals surface area contributed by atoms with Gasteiger partial charge in [0.25, 0.3) is 9.05 Å². The van der Waals surface area contributed by atoms with Gasteiger partial charge in [-0.05, 0) is 6.07 Å². The van der Waals surface area contributed by atoms with Gasteiger partial charge in [-0.25, -0.2) is 13.2 Å². The van der Waals surface area contributed by atoms with Crippen LogP contribution in [0.5, 0.6) is 5.75 Å². The monoisotopic (exact) mass is 298 g/mol. The van der Waals surface area contributed by atoms with Gasteiger partial charge in [0.15, 0.2) is 0 Å². The Labute approximate surface area is 108 Å². The molecule has 94 valence electrons. The number of halogens is 2. The van der Waals surface area contributed by atoms with Gasteiger partial charge in [-0.3, -0.25) is 0 Å². The quantitative estimate of drug-likeness (QED) is 0.631. The maximum atomic E-state index is 11.4. The molecule has 0 unspecified atom stereocenters. The van der Waals surface area contributed by atoms with E-state index in [0.717, 1.165) is 19.2 Å². The molecule has 0 saturated heterocycles. The van der Waals surface area contributed by atoms with E-state index in [-0.39, 0.29) is 16.3 Å². The maximum Gasteiger partial charge on any atom is 0.339 e. The summed E-state index contributed by atoms with van der Waals surface area (Å²) in [6.07, 6.45) is 0. The summed E-state index contributed by atoms with van der Waals surface area (Å²) < 4.78 is 31.9. The number of carbonyl (C=O) groups excluding carboxylic acids is 1. The van der Waals surface area contributed by atoms with Crippen molar-refractivity contribution in [3.05, 3.63) is 22.7 Å². The van der Waals surface area contributed by atoms with E-state index in [9.17, 15) is 13.2 Å². The van der Waals surface area contributed by atoms with Crippen molar-refractivity contribution < 1.29 is 22.7 Å². The highest BCUT2D eigenvalue weighted by Crippen LogP contribution is 2.32. The molecule has 0 amide bonds. The van der Waals surface area contributed by atoms with Crippen LogP contribution in [0.3, 0.4) is 0 Å². The van der Waals surface area contributed by atoms with E-state index in [1.165, 1.54) is 7.11 Å². The van der Waals surface area contributed by atoms with E-state index < -0.39 is 19.9 Å². The fourth-order valence-corrected chi connectivity index (χ4v) is 2.44. The number of rotatable bonds is 3. The molecule has 0 radical (unpaired) electrons. The molecule has 0 atom stereocenters. The van der Waals surface area contributed by atoms with Gasteiger partial charge in [-0.15, -0.1) is 0 Å². The summed E-state index contributed by atoms with van der Waals surface area (Å²) in [5.41, 5.74) is -0.242. The van der Waals surface area contributed by atoms with Gasteiger partial charge >= 0.3 is 5.97 Å². The van der Waals surface area contributed by atoms with Crippen molar-refractivity contribution in [3.63, 3.8) is 0 Å². The molecule has 0 saturated carbocycles. The zero-order chi connectivity index (χ0) is 13.2. The molecule has 1 rings (SSSR count). The lowest BCUT2D eigenvalue weighted by atomic mass is 10.2. The average Bonchev–Trinajstić information content (AvgIpc) is 2.26. The summed E-state index contributed by atoms with van der Waals surface area (Å²) in [5, 5.41) is 0.0805. The SMILES string of the molecule is COC(=O)c1cc(Cl)c(OC)cc1S(=O)(=O)Cl. The number of carbonyl (C=O) groups is 1. The summed E-state index contributed by atoms with van der Waals surface area (Å²) >= 11 is 5.78. The minimum absolute atomic E-state index is 0.0805. The molecule has 0 bridgehead atoms. The molecule has 8 heteroatoms. The van der Waals surface area contributed by atoms with Crippen molar-refractivity contribution in [1.29, 1.82) is 0 Å². The van der Waals surface area contributed by atoms with E-state index in [1.54, 1.807) is 0 Å². The number of hydrogen-bond acceptors (Lipinski definition) is 5. The van der Waals surface area contributed by atoms with Gasteiger partial charge < -0.3 is 9.47 Å². The molecule has 0 aromatic heterocycles. The summed E-state index contributed by atoms with van der Waals surface area (Å²) in [6, 6.07) is 2.19. The van der Waals surface area contributed by atoms with Crippen LogP contribution in [0.4, 0.5) is 0 Å². The highest BCUT2D eigenvalue weighted by Gasteiger charge is 2.24. The van der Waals surface area contributed by atoms with Crippen LogP contribution < -0.4 is 4.74 Å². The highest BCUT2D eigenvalue weighted by molar-refractivity contribution is 8.13. The molecule has 1 aromatic carbocycles. The highest BCUT2D eigenvalue weighted by atomic mass is 35.7. The van der Waals surface area contributed by atoms with Crippen LogP contribution in [0.25, 0.3) is 0 Å². The third-order valence-corrected chi connectivity index (χ3v) is 3.58. The predicted octanol–water partition coefficient (Wildman–Crippen LogP) is 2.06. The predicted molar refractivity (Wildman–Crippen MR) is 62.4 cm³/mol. The van der Waals surface area contributed by atoms with Crippen LogP contribution in [0, 0.1) is 0 Å². The average molecular weight is 299 g/mol. The van der Waals surface area contributed by atoms with Crippen molar-refractivity contribution in [2.24, 2.45) is 0 Å². The van der Waals surface area contributed by atoms with Crippen molar-refractivity contribution in [2.45, 2.75) is 4.90 Å². The molecule has 17 heavy (non-hydrogen) atoms. The van der Waals surface area contributed by atoms with Crippen LogP contribution >= 0.6 is 22.3 Å². The molecule has 0 N–H and O–H groups in total. The molecule has 1 aromatic rings. The third kappa shape index (κ3) is 3.02. The Morgan fingerprint density at radius 1 is 1.29 bits per heavy atom. The second-order valence-corrected chi connectivity index (χ2v) is 5.85. The standard InChI is InChI=1S/C9H8Cl2O5S/c1-15-7-4-8(17(11,13)14)5(3-6(7)10)9(12)16-2/h3-4H,1-2H3. The first kappa shape index (κ1) is 14.1. The lowest BCUT2D eigenvalue weighted by molar-refractivity contribution is 0.0596. The fraction of sp³-hybridized carbons (Fsp3) is 0.222. The van der Waals surface area contributed by atoms with E-state index in [2.05, 4.69) is 4.74 Å². The van der Waals surface area contributed by atoms with Crippen molar-refractivity contribution in [3.8, 4) is 5.75 Å². The van der Waals surface area contributed by atoms with Gasteiger partial charge in [0.2, 0.25) is 0 Å². The Morgan fingerprint density at radius 2 is 1.88 bits per heavy atom. The van der Waals surface area contributed by atoms with Crippen LogP contribution in [0.2, 0.25) is 5.02 Å². The molecule has 0 spiro atoms. The Balaban J connectivity index is 3.59. The van der Waals surface area contributed by atoms with Gasteiger partial charge in [0.05, 0.1) is 24.8 Å². The van der Waals surface area contributed by atoms with Crippen molar-refractivity contribution >= 4 is 37.3 Å². The first-order valence-corrected chi connectivity index (χ1v) is 6.90. The minimum Gasteiger partial charge on any atom is -0.495 e. The summed E-state index contributed by atoms with van der Waals surface area (Å²) in [5.74, 6) is -0.757. The molecular weight excluding hydrogens is 291 g/mol. The van der Waals surface area contributed by atoms with Crippen LogP contribution in [-0.4, -0.2) is 28.6 Å². The zero-order valence-electron chi connectivity index (χ0n) is 8.86. The van der Waals surface area contributed by atoms with Crippen molar-refractivity contribution in [2.75, 3.05) is 14.2 Å². The Morgan fingerprint density at radius 3 is 2.29 bits per heavy atom. The fourth-order valence-electron chi connectivity index (χ4n) is 1.16. The van der Waals surface area contributed by atoms with E-state index >= 15 is 0 Å². The second kappa shape index (κ2) is 5.12. The van der Waals surface area contributed by atoms with Gasteiger partial charge in [0.1, 0.15) is 10.6 Å². The molecule has 0 fully saturated rings. The zero-order valence-corrected chi connectivity index (χ0v) is 11.2. The van der Waals surface area contributed by atoms with Crippen LogP contribution in [0.1, 0.15) is 10.4 Å². The second-order valence-electron chi connectivity index (χ2n) is 2.91. The number of methoxy groups -OCH3 is 2. The number of hydrogen-bond donors (Lipinski definition) is 0. The maximum absolute atomic E-state index is 11.4. The molecule has 0 aliphatic rings. The Bertz CT molecular complexity index is 553. The minimum atomic E-state index is -4.11. The van der Waals surface area contributed by atoms with Crippen LogP contribution in [0.15, 0.2) is 17.0 Å². The smallest absolute Gasteiger partial charge is 0.339 e. The first-order chi connectivity index (χ1) is 7.81. The molecular formula is C9H8Cl2O5S.